The molecular formula is C13H14F3N3. The maximum Gasteiger partial charge on any atom is 0.435 e. The molecule has 0 radical (unpaired) electrons. The Labute approximate surface area is 108 Å². The number of hydrogen-bond donors (Lipinski definition) is 1. The summed E-state index contributed by atoms with van der Waals surface area (Å²) in [5.41, 5.74) is 6.33. The minimum Gasteiger partial charge on any atom is -0.328 e. The van der Waals surface area contributed by atoms with Crippen molar-refractivity contribution in [2.24, 2.45) is 5.73 Å². The summed E-state index contributed by atoms with van der Waals surface area (Å²) in [7, 11) is 0. The molecule has 0 amide bonds. The molecule has 1 aromatic carbocycles. The fourth-order valence-electron chi connectivity index (χ4n) is 1.86. The largest absolute Gasteiger partial charge is 0.435 e. The zero-order chi connectivity index (χ0) is 14.0. The van der Waals surface area contributed by atoms with E-state index >= 15 is 0 Å². The number of halogens is 3. The molecular weight excluding hydrogens is 255 g/mol. The van der Waals surface area contributed by atoms with E-state index in [0.717, 1.165) is 11.6 Å². The lowest BCUT2D eigenvalue weighted by Crippen LogP contribution is -2.19. The molecule has 0 aliphatic rings. The second-order valence-electron chi connectivity index (χ2n) is 4.45. The summed E-state index contributed by atoms with van der Waals surface area (Å²) in [6, 6.07) is 8.05. The highest BCUT2D eigenvalue weighted by molar-refractivity contribution is 5.41. The molecule has 102 valence electrons. The van der Waals surface area contributed by atoms with Gasteiger partial charge in [-0.05, 0) is 31.0 Å². The number of aromatic nitrogens is 2. The van der Waals surface area contributed by atoms with E-state index in [1.54, 1.807) is 12.1 Å². The summed E-state index contributed by atoms with van der Waals surface area (Å²) >= 11 is 0. The van der Waals surface area contributed by atoms with Crippen LogP contribution in [0.15, 0.2) is 36.5 Å². The van der Waals surface area contributed by atoms with E-state index in [4.69, 9.17) is 5.73 Å². The monoisotopic (exact) mass is 269 g/mol. The molecule has 0 spiro atoms. The quantitative estimate of drug-likeness (QED) is 0.931. The zero-order valence-corrected chi connectivity index (χ0v) is 10.4. The lowest BCUT2D eigenvalue weighted by atomic mass is 10.1. The molecule has 2 rings (SSSR count). The van der Waals surface area contributed by atoms with Gasteiger partial charge in [-0.1, -0.05) is 18.2 Å². The number of hydrogen-bond acceptors (Lipinski definition) is 2. The maximum atomic E-state index is 12.5. The van der Waals surface area contributed by atoms with Crippen LogP contribution in [-0.4, -0.2) is 15.8 Å². The van der Waals surface area contributed by atoms with Gasteiger partial charge in [0, 0.05) is 12.2 Å². The molecule has 0 saturated heterocycles. The van der Waals surface area contributed by atoms with Crippen molar-refractivity contribution in [2.45, 2.75) is 25.6 Å². The van der Waals surface area contributed by atoms with Crippen molar-refractivity contribution in [1.29, 1.82) is 0 Å². The Morgan fingerprint density at radius 3 is 2.53 bits per heavy atom. The first kappa shape index (κ1) is 13.6. The van der Waals surface area contributed by atoms with Crippen LogP contribution < -0.4 is 5.73 Å². The van der Waals surface area contributed by atoms with Crippen LogP contribution in [0.2, 0.25) is 0 Å². The Morgan fingerprint density at radius 1 is 1.26 bits per heavy atom. The normalized spacial score (nSPS) is 13.5. The summed E-state index contributed by atoms with van der Waals surface area (Å²) in [5, 5.41) is 3.57. The average Bonchev–Trinajstić information content (AvgIpc) is 2.77. The van der Waals surface area contributed by atoms with Crippen molar-refractivity contribution in [2.75, 3.05) is 0 Å². The predicted octanol–water partition coefficient (Wildman–Crippen LogP) is 2.78. The van der Waals surface area contributed by atoms with Gasteiger partial charge in [-0.15, -0.1) is 0 Å². The van der Waals surface area contributed by atoms with E-state index in [2.05, 4.69) is 5.10 Å². The molecule has 1 unspecified atom stereocenters. The van der Waals surface area contributed by atoms with Crippen molar-refractivity contribution < 1.29 is 13.2 Å². The summed E-state index contributed by atoms with van der Waals surface area (Å²) in [6.07, 6.45) is -2.54. The molecule has 0 aliphatic carbocycles. The Kier molecular flexibility index (Phi) is 3.61. The van der Waals surface area contributed by atoms with Gasteiger partial charge in [-0.3, -0.25) is 0 Å². The highest BCUT2D eigenvalue weighted by Crippen LogP contribution is 2.28. The van der Waals surface area contributed by atoms with Crippen LogP contribution in [-0.2, 0) is 12.6 Å². The van der Waals surface area contributed by atoms with Crippen molar-refractivity contribution in [3.05, 3.63) is 47.8 Å². The molecule has 2 N–H and O–H groups in total. The summed E-state index contributed by atoms with van der Waals surface area (Å²) in [6.45, 7) is 1.85. The topological polar surface area (TPSA) is 43.8 Å². The number of alkyl halides is 3. The van der Waals surface area contributed by atoms with Crippen LogP contribution in [0.5, 0.6) is 0 Å². The first-order valence-electron chi connectivity index (χ1n) is 5.84. The maximum absolute atomic E-state index is 12.5. The lowest BCUT2D eigenvalue weighted by molar-refractivity contribution is -0.141. The van der Waals surface area contributed by atoms with Gasteiger partial charge in [-0.25, -0.2) is 4.68 Å². The first-order valence-corrected chi connectivity index (χ1v) is 5.84. The van der Waals surface area contributed by atoms with E-state index in [0.29, 0.717) is 12.1 Å². The van der Waals surface area contributed by atoms with E-state index in [9.17, 15) is 13.2 Å². The Morgan fingerprint density at radius 2 is 1.95 bits per heavy atom. The van der Waals surface area contributed by atoms with E-state index in [-0.39, 0.29) is 6.04 Å². The molecule has 0 bridgehead atoms. The minimum atomic E-state index is -4.43. The highest BCUT2D eigenvalue weighted by atomic mass is 19.4. The SMILES string of the molecule is CC(N)Cc1ccccc1-n1ccc(C(F)(F)F)n1. The van der Waals surface area contributed by atoms with Gasteiger partial charge in [0.15, 0.2) is 5.69 Å². The molecule has 0 aliphatic heterocycles. The molecule has 2 aromatic rings. The van der Waals surface area contributed by atoms with Gasteiger partial charge in [0.2, 0.25) is 0 Å². The average molecular weight is 269 g/mol. The summed E-state index contributed by atoms with van der Waals surface area (Å²) in [5.74, 6) is 0. The molecule has 6 heteroatoms. The summed E-state index contributed by atoms with van der Waals surface area (Å²) in [4.78, 5) is 0. The van der Waals surface area contributed by atoms with Crippen LogP contribution in [0.1, 0.15) is 18.2 Å². The number of benzene rings is 1. The molecule has 19 heavy (non-hydrogen) atoms. The van der Waals surface area contributed by atoms with Crippen molar-refractivity contribution in [3.8, 4) is 5.69 Å². The molecule has 1 aromatic heterocycles. The third kappa shape index (κ3) is 3.14. The fraction of sp³-hybridized carbons (Fsp3) is 0.308. The summed E-state index contributed by atoms with van der Waals surface area (Å²) < 4.78 is 38.8. The first-order chi connectivity index (χ1) is 8.88. The van der Waals surface area contributed by atoms with E-state index < -0.39 is 11.9 Å². The number of nitrogens with two attached hydrogens (primary N) is 1. The Balaban J connectivity index is 2.39. The van der Waals surface area contributed by atoms with Crippen molar-refractivity contribution in [1.82, 2.24) is 9.78 Å². The number of rotatable bonds is 3. The van der Waals surface area contributed by atoms with Gasteiger partial charge < -0.3 is 5.73 Å². The standard InChI is InChI=1S/C13H14F3N3/c1-9(17)8-10-4-2-3-5-11(10)19-7-6-12(18-19)13(14,15)16/h2-7,9H,8,17H2,1H3. The molecule has 0 saturated carbocycles. The van der Waals surface area contributed by atoms with Crippen LogP contribution >= 0.6 is 0 Å². The van der Waals surface area contributed by atoms with Crippen molar-refractivity contribution >= 4 is 0 Å². The third-order valence-corrected chi connectivity index (χ3v) is 2.66. The lowest BCUT2D eigenvalue weighted by Gasteiger charge is -2.11. The smallest absolute Gasteiger partial charge is 0.328 e. The molecule has 1 atom stereocenters. The van der Waals surface area contributed by atoms with Gasteiger partial charge in [-0.2, -0.15) is 18.3 Å². The van der Waals surface area contributed by atoms with Crippen molar-refractivity contribution in [3.63, 3.8) is 0 Å². The Hall–Kier alpha value is -1.82. The van der Waals surface area contributed by atoms with Crippen LogP contribution in [0.25, 0.3) is 5.69 Å². The van der Waals surface area contributed by atoms with Crippen LogP contribution in [0.4, 0.5) is 13.2 Å². The fourth-order valence-corrected chi connectivity index (χ4v) is 1.86. The third-order valence-electron chi connectivity index (χ3n) is 2.66. The minimum absolute atomic E-state index is 0.0706. The van der Waals surface area contributed by atoms with Crippen LogP contribution in [0.3, 0.4) is 0 Å². The van der Waals surface area contributed by atoms with Gasteiger partial charge in [0.1, 0.15) is 0 Å². The highest BCUT2D eigenvalue weighted by Gasteiger charge is 2.33. The van der Waals surface area contributed by atoms with Gasteiger partial charge in [0.05, 0.1) is 5.69 Å². The van der Waals surface area contributed by atoms with E-state index in [1.165, 1.54) is 10.9 Å². The molecule has 3 nitrogen and oxygen atoms in total. The Bertz CT molecular complexity index is 558. The zero-order valence-electron chi connectivity index (χ0n) is 10.4. The number of nitrogens with zero attached hydrogens (tertiary/aromatic N) is 2. The van der Waals surface area contributed by atoms with Gasteiger partial charge in [0.25, 0.3) is 0 Å². The molecule has 0 fully saturated rings. The number of para-hydroxylation sites is 1. The second kappa shape index (κ2) is 5.05. The van der Waals surface area contributed by atoms with Crippen LogP contribution in [0, 0.1) is 0 Å². The van der Waals surface area contributed by atoms with E-state index in [1.807, 2.05) is 19.1 Å². The predicted molar refractivity (Wildman–Crippen MR) is 65.9 cm³/mol. The second-order valence-corrected chi connectivity index (χ2v) is 4.45. The van der Waals surface area contributed by atoms with Gasteiger partial charge >= 0.3 is 6.18 Å². The molecule has 1 heterocycles.